The van der Waals surface area contributed by atoms with Crippen LogP contribution in [0.15, 0.2) is 24.3 Å². The molecule has 0 N–H and O–H groups in total. The Morgan fingerprint density at radius 1 is 1.36 bits per heavy atom. The van der Waals surface area contributed by atoms with Crippen LogP contribution < -0.4 is 0 Å². The van der Waals surface area contributed by atoms with Crippen molar-refractivity contribution in [3.8, 4) is 12.3 Å². The van der Waals surface area contributed by atoms with Gasteiger partial charge in [-0.05, 0) is 17.5 Å². The Morgan fingerprint density at radius 3 is 2.43 bits per heavy atom. The van der Waals surface area contributed by atoms with Gasteiger partial charge in [0.05, 0.1) is 0 Å². The van der Waals surface area contributed by atoms with Crippen molar-refractivity contribution in [2.75, 3.05) is 0 Å². The molecule has 2 heteroatoms. The summed E-state index contributed by atoms with van der Waals surface area (Å²) in [4.78, 5) is 10.6. The van der Waals surface area contributed by atoms with E-state index < -0.39 is 5.97 Å². The molecule has 0 aromatic heterocycles. The topological polar surface area (TPSA) is 26.3 Å². The number of hydrogen-bond donors (Lipinski definition) is 0. The van der Waals surface area contributed by atoms with E-state index in [1.165, 1.54) is 5.56 Å². The summed E-state index contributed by atoms with van der Waals surface area (Å²) in [6.07, 6.45) is 5.86. The molecule has 14 heavy (non-hydrogen) atoms. The molecule has 1 aromatic rings. The van der Waals surface area contributed by atoms with E-state index in [4.69, 9.17) is 11.2 Å². The van der Waals surface area contributed by atoms with Crippen LogP contribution in [0, 0.1) is 12.3 Å². The van der Waals surface area contributed by atoms with Gasteiger partial charge in [0.25, 0.3) is 0 Å². The monoisotopic (exact) mass is 188 g/mol. The Kier molecular flexibility index (Phi) is 3.75. The van der Waals surface area contributed by atoms with E-state index in [-0.39, 0.29) is 6.61 Å². The van der Waals surface area contributed by atoms with Crippen molar-refractivity contribution in [2.45, 2.75) is 20.0 Å². The Balaban J connectivity index is 2.53. The summed E-state index contributed by atoms with van der Waals surface area (Å²) in [5.74, 6) is 1.28. The molecular weight excluding hydrogens is 176 g/mol. The van der Waals surface area contributed by atoms with E-state index in [0.717, 1.165) is 12.0 Å². The van der Waals surface area contributed by atoms with E-state index in [0.29, 0.717) is 0 Å². The van der Waals surface area contributed by atoms with Gasteiger partial charge in [-0.25, -0.2) is 4.79 Å². The molecule has 0 spiro atoms. The van der Waals surface area contributed by atoms with E-state index in [1.807, 2.05) is 30.2 Å². The lowest BCUT2D eigenvalue weighted by Gasteiger charge is -2.02. The molecule has 0 heterocycles. The molecule has 0 aliphatic rings. The van der Waals surface area contributed by atoms with Crippen LogP contribution in [0.1, 0.15) is 18.1 Å². The van der Waals surface area contributed by atoms with Gasteiger partial charge in [-0.15, -0.1) is 6.42 Å². The first kappa shape index (κ1) is 10.3. The van der Waals surface area contributed by atoms with Crippen molar-refractivity contribution in [2.24, 2.45) is 0 Å². The maximum absolute atomic E-state index is 10.6. The van der Waals surface area contributed by atoms with Crippen LogP contribution in [0.5, 0.6) is 0 Å². The molecule has 1 aromatic carbocycles. The fourth-order valence-corrected chi connectivity index (χ4v) is 1.06. The Bertz CT molecular complexity index is 344. The van der Waals surface area contributed by atoms with Gasteiger partial charge >= 0.3 is 5.97 Å². The third kappa shape index (κ3) is 2.95. The molecular formula is C12H12O2. The lowest BCUT2D eigenvalue weighted by Crippen LogP contribution is -2.00. The van der Waals surface area contributed by atoms with Crippen molar-refractivity contribution in [3.63, 3.8) is 0 Å². The van der Waals surface area contributed by atoms with Gasteiger partial charge in [-0.3, -0.25) is 0 Å². The van der Waals surface area contributed by atoms with Crippen LogP contribution >= 0.6 is 0 Å². The average Bonchev–Trinajstić information content (AvgIpc) is 2.26. The first-order chi connectivity index (χ1) is 6.76. The van der Waals surface area contributed by atoms with Crippen molar-refractivity contribution in [3.05, 3.63) is 35.4 Å². The predicted molar refractivity (Wildman–Crippen MR) is 54.4 cm³/mol. The quantitative estimate of drug-likeness (QED) is 0.411. The third-order valence-electron chi connectivity index (χ3n) is 1.92. The highest BCUT2D eigenvalue weighted by atomic mass is 16.5. The maximum Gasteiger partial charge on any atom is 0.384 e. The summed E-state index contributed by atoms with van der Waals surface area (Å²) >= 11 is 0. The van der Waals surface area contributed by atoms with Crippen LogP contribution in [0.2, 0.25) is 0 Å². The minimum atomic E-state index is -0.621. The second-order valence-corrected chi connectivity index (χ2v) is 2.89. The Morgan fingerprint density at radius 2 is 1.93 bits per heavy atom. The molecule has 0 radical (unpaired) electrons. The number of terminal acetylenes is 1. The average molecular weight is 188 g/mol. The number of aryl methyl sites for hydroxylation is 1. The minimum Gasteiger partial charge on any atom is -0.451 e. The van der Waals surface area contributed by atoms with Gasteiger partial charge in [0.2, 0.25) is 0 Å². The zero-order valence-electron chi connectivity index (χ0n) is 8.12. The fraction of sp³-hybridized carbons (Fsp3) is 0.250. The third-order valence-corrected chi connectivity index (χ3v) is 1.92. The summed E-state index contributed by atoms with van der Waals surface area (Å²) in [7, 11) is 0. The molecule has 0 saturated heterocycles. The van der Waals surface area contributed by atoms with Gasteiger partial charge < -0.3 is 4.74 Å². The molecule has 0 atom stereocenters. The van der Waals surface area contributed by atoms with Crippen molar-refractivity contribution < 1.29 is 9.53 Å². The zero-order valence-corrected chi connectivity index (χ0v) is 8.12. The van der Waals surface area contributed by atoms with Crippen molar-refractivity contribution in [1.29, 1.82) is 0 Å². The first-order valence-corrected chi connectivity index (χ1v) is 4.47. The van der Waals surface area contributed by atoms with Crippen LogP contribution in [0.25, 0.3) is 0 Å². The minimum absolute atomic E-state index is 0.243. The molecule has 72 valence electrons. The number of rotatable bonds is 3. The smallest absolute Gasteiger partial charge is 0.384 e. The predicted octanol–water partition coefficient (Wildman–Crippen LogP) is 1.93. The fourth-order valence-electron chi connectivity index (χ4n) is 1.06. The van der Waals surface area contributed by atoms with E-state index in [1.54, 1.807) is 0 Å². The second kappa shape index (κ2) is 5.08. The summed E-state index contributed by atoms with van der Waals surface area (Å²) in [6, 6.07) is 7.89. The summed E-state index contributed by atoms with van der Waals surface area (Å²) in [5.41, 5.74) is 2.21. The van der Waals surface area contributed by atoms with Gasteiger partial charge in [0.15, 0.2) is 0 Å². The lowest BCUT2D eigenvalue weighted by molar-refractivity contribution is -0.137. The molecule has 0 bridgehead atoms. The molecule has 0 fully saturated rings. The molecule has 1 rings (SSSR count). The lowest BCUT2D eigenvalue weighted by atomic mass is 10.1. The van der Waals surface area contributed by atoms with E-state index in [2.05, 4.69) is 6.92 Å². The van der Waals surface area contributed by atoms with E-state index >= 15 is 0 Å². The van der Waals surface area contributed by atoms with Crippen molar-refractivity contribution >= 4 is 5.97 Å². The zero-order chi connectivity index (χ0) is 10.4. The normalized spacial score (nSPS) is 9.14. The van der Waals surface area contributed by atoms with E-state index in [9.17, 15) is 4.79 Å². The maximum atomic E-state index is 10.6. The number of esters is 1. The largest absolute Gasteiger partial charge is 0.451 e. The Hall–Kier alpha value is -1.75. The van der Waals surface area contributed by atoms with Gasteiger partial charge in [-0.2, -0.15) is 0 Å². The Labute approximate surface area is 83.9 Å². The van der Waals surface area contributed by atoms with Gasteiger partial charge in [0.1, 0.15) is 6.61 Å². The van der Waals surface area contributed by atoms with Crippen LogP contribution in [0.4, 0.5) is 0 Å². The number of ether oxygens (including phenoxy) is 1. The number of benzene rings is 1. The number of carbonyl (C=O) groups excluding carboxylic acids is 1. The van der Waals surface area contributed by atoms with Crippen molar-refractivity contribution in [1.82, 2.24) is 0 Å². The molecule has 0 saturated carbocycles. The molecule has 0 unspecified atom stereocenters. The van der Waals surface area contributed by atoms with Gasteiger partial charge in [-0.1, -0.05) is 31.2 Å². The molecule has 2 nitrogen and oxygen atoms in total. The molecule has 0 aliphatic carbocycles. The first-order valence-electron chi connectivity index (χ1n) is 4.47. The molecule has 0 amide bonds. The standard InChI is InChI=1S/C12H12O2/c1-3-10-5-7-11(8-6-10)9-14-12(13)4-2/h2,5-8H,3,9H2,1H3. The van der Waals surface area contributed by atoms with Crippen LogP contribution in [-0.4, -0.2) is 5.97 Å². The molecule has 0 aliphatic heterocycles. The number of hydrogen-bond acceptors (Lipinski definition) is 2. The summed E-state index contributed by atoms with van der Waals surface area (Å²) in [5, 5.41) is 0. The highest BCUT2D eigenvalue weighted by Crippen LogP contribution is 2.06. The van der Waals surface area contributed by atoms with Gasteiger partial charge in [0, 0.05) is 5.92 Å². The highest BCUT2D eigenvalue weighted by Gasteiger charge is 1.97. The SMILES string of the molecule is C#CC(=O)OCc1ccc(CC)cc1. The number of carbonyl (C=O) groups is 1. The summed E-state index contributed by atoms with van der Waals surface area (Å²) in [6.45, 7) is 2.33. The second-order valence-electron chi connectivity index (χ2n) is 2.89. The van der Waals surface area contributed by atoms with Crippen LogP contribution in [-0.2, 0) is 22.6 Å². The summed E-state index contributed by atoms with van der Waals surface area (Å²) < 4.78 is 4.78. The van der Waals surface area contributed by atoms with Crippen LogP contribution in [0.3, 0.4) is 0 Å². The highest BCUT2D eigenvalue weighted by molar-refractivity contribution is 5.87.